The fourth-order valence-corrected chi connectivity index (χ4v) is 2.67. The van der Waals surface area contributed by atoms with Crippen molar-refractivity contribution in [3.63, 3.8) is 0 Å². The summed E-state index contributed by atoms with van der Waals surface area (Å²) in [6.45, 7) is 0.212. The average Bonchev–Trinajstić information content (AvgIpc) is 2.87. The zero-order valence-corrected chi connectivity index (χ0v) is 12.1. The molecule has 0 aromatic heterocycles. The molecular formula is C14H14N2O4S. The number of hydrogen-bond donors (Lipinski definition) is 2. The van der Waals surface area contributed by atoms with E-state index in [9.17, 15) is 8.42 Å². The van der Waals surface area contributed by atoms with E-state index in [1.165, 1.54) is 12.1 Å². The number of nitrogens with one attached hydrogen (secondary N) is 1. The molecule has 0 amide bonds. The summed E-state index contributed by atoms with van der Waals surface area (Å²) < 4.78 is 33.5. The first-order chi connectivity index (χ1) is 9.93. The minimum absolute atomic E-state index is 0.191. The first-order valence-corrected chi connectivity index (χ1v) is 8.09. The van der Waals surface area contributed by atoms with Gasteiger partial charge in [-0.3, -0.25) is 0 Å². The standard InChI is InChI=1S/C14H14N2O4S/c1-21(17,18)10-3-4-12(11(15)7-10)16-9-2-5-13-14(6-9)20-8-19-13/h2-7,16H,8,15H2,1H3. The molecule has 3 N–H and O–H groups in total. The van der Waals surface area contributed by atoms with Crippen LogP contribution in [-0.2, 0) is 9.84 Å². The zero-order valence-electron chi connectivity index (χ0n) is 11.3. The van der Waals surface area contributed by atoms with Gasteiger partial charge in [0.2, 0.25) is 6.79 Å². The minimum Gasteiger partial charge on any atom is -0.454 e. The predicted molar refractivity (Wildman–Crippen MR) is 79.8 cm³/mol. The maximum atomic E-state index is 11.5. The van der Waals surface area contributed by atoms with Gasteiger partial charge in [0.05, 0.1) is 16.3 Å². The summed E-state index contributed by atoms with van der Waals surface area (Å²) in [7, 11) is -3.27. The third kappa shape index (κ3) is 2.73. The first-order valence-electron chi connectivity index (χ1n) is 6.20. The molecule has 2 aromatic carbocycles. The lowest BCUT2D eigenvalue weighted by Gasteiger charge is -2.11. The number of hydrogen-bond acceptors (Lipinski definition) is 6. The topological polar surface area (TPSA) is 90.7 Å². The summed E-state index contributed by atoms with van der Waals surface area (Å²) in [5, 5.41) is 3.13. The molecule has 0 atom stereocenters. The van der Waals surface area contributed by atoms with Crippen LogP contribution in [0.1, 0.15) is 0 Å². The average molecular weight is 306 g/mol. The van der Waals surface area contributed by atoms with Crippen molar-refractivity contribution >= 4 is 26.9 Å². The van der Waals surface area contributed by atoms with Gasteiger partial charge in [0, 0.05) is 18.0 Å². The molecule has 1 heterocycles. The van der Waals surface area contributed by atoms with Gasteiger partial charge in [-0.1, -0.05) is 0 Å². The van der Waals surface area contributed by atoms with Crippen molar-refractivity contribution in [3.8, 4) is 11.5 Å². The van der Waals surface area contributed by atoms with Gasteiger partial charge < -0.3 is 20.5 Å². The molecule has 0 unspecified atom stereocenters. The molecule has 110 valence electrons. The predicted octanol–water partition coefficient (Wildman–Crippen LogP) is 2.14. The van der Waals surface area contributed by atoms with Crippen molar-refractivity contribution in [3.05, 3.63) is 36.4 Å². The molecule has 3 rings (SSSR count). The van der Waals surface area contributed by atoms with Crippen LogP contribution in [0.25, 0.3) is 0 Å². The quantitative estimate of drug-likeness (QED) is 0.844. The van der Waals surface area contributed by atoms with Crippen LogP contribution in [0.3, 0.4) is 0 Å². The van der Waals surface area contributed by atoms with Gasteiger partial charge >= 0.3 is 0 Å². The Hall–Kier alpha value is -2.41. The highest BCUT2D eigenvalue weighted by Gasteiger charge is 2.14. The maximum Gasteiger partial charge on any atom is 0.231 e. The van der Waals surface area contributed by atoms with Crippen molar-refractivity contribution in [2.75, 3.05) is 24.1 Å². The molecule has 0 spiro atoms. The first kappa shape index (κ1) is 13.6. The molecule has 0 bridgehead atoms. The molecular weight excluding hydrogens is 292 g/mol. The number of fused-ring (bicyclic) bond motifs is 1. The molecule has 0 aliphatic carbocycles. The zero-order chi connectivity index (χ0) is 15.0. The number of nitrogens with two attached hydrogens (primary N) is 1. The molecule has 0 radical (unpaired) electrons. The summed E-state index contributed by atoms with van der Waals surface area (Å²) in [4.78, 5) is 0.191. The second-order valence-electron chi connectivity index (χ2n) is 4.71. The van der Waals surface area contributed by atoms with Crippen molar-refractivity contribution in [2.24, 2.45) is 0 Å². The number of benzene rings is 2. The lowest BCUT2D eigenvalue weighted by molar-refractivity contribution is 0.174. The van der Waals surface area contributed by atoms with Crippen LogP contribution in [0, 0.1) is 0 Å². The summed E-state index contributed by atoms with van der Waals surface area (Å²) in [5.41, 5.74) is 7.65. The Morgan fingerprint density at radius 2 is 1.86 bits per heavy atom. The third-order valence-corrected chi connectivity index (χ3v) is 4.21. The van der Waals surface area contributed by atoms with Gasteiger partial charge in [-0.2, -0.15) is 0 Å². The monoisotopic (exact) mass is 306 g/mol. The third-order valence-electron chi connectivity index (χ3n) is 3.10. The van der Waals surface area contributed by atoms with Gasteiger partial charge in [0.15, 0.2) is 21.3 Å². The van der Waals surface area contributed by atoms with Crippen LogP contribution in [0.4, 0.5) is 17.1 Å². The molecule has 7 heteroatoms. The van der Waals surface area contributed by atoms with E-state index in [2.05, 4.69) is 5.32 Å². The van der Waals surface area contributed by atoms with Crippen LogP contribution in [0.15, 0.2) is 41.3 Å². The van der Waals surface area contributed by atoms with Gasteiger partial charge in [-0.05, 0) is 30.3 Å². The van der Waals surface area contributed by atoms with E-state index in [0.29, 0.717) is 22.9 Å². The second-order valence-corrected chi connectivity index (χ2v) is 6.73. The Kier molecular flexibility index (Phi) is 3.13. The molecule has 1 aliphatic heterocycles. The van der Waals surface area contributed by atoms with E-state index in [-0.39, 0.29) is 11.7 Å². The molecule has 6 nitrogen and oxygen atoms in total. The molecule has 0 saturated heterocycles. The highest BCUT2D eigenvalue weighted by atomic mass is 32.2. The summed E-state index contributed by atoms with van der Waals surface area (Å²) in [6, 6.07) is 10.0. The Morgan fingerprint density at radius 1 is 1.10 bits per heavy atom. The van der Waals surface area contributed by atoms with Crippen molar-refractivity contribution in [1.82, 2.24) is 0 Å². The second kappa shape index (κ2) is 4.85. The molecule has 0 fully saturated rings. The summed E-state index contributed by atoms with van der Waals surface area (Å²) >= 11 is 0. The van der Waals surface area contributed by atoms with Gasteiger partial charge in [-0.25, -0.2) is 8.42 Å². The Morgan fingerprint density at radius 3 is 2.57 bits per heavy atom. The summed E-state index contributed by atoms with van der Waals surface area (Å²) in [5.74, 6) is 1.35. The number of ether oxygens (including phenoxy) is 2. The largest absolute Gasteiger partial charge is 0.454 e. The van der Waals surface area contributed by atoms with E-state index in [0.717, 1.165) is 11.9 Å². The highest BCUT2D eigenvalue weighted by Crippen LogP contribution is 2.36. The van der Waals surface area contributed by atoms with Gasteiger partial charge in [-0.15, -0.1) is 0 Å². The van der Waals surface area contributed by atoms with Gasteiger partial charge in [0.25, 0.3) is 0 Å². The number of nitrogen functional groups attached to an aromatic ring is 1. The van der Waals surface area contributed by atoms with E-state index >= 15 is 0 Å². The molecule has 2 aromatic rings. The maximum absolute atomic E-state index is 11.5. The van der Waals surface area contributed by atoms with Crippen molar-refractivity contribution in [2.45, 2.75) is 4.90 Å². The van der Waals surface area contributed by atoms with Crippen LogP contribution in [0.2, 0.25) is 0 Å². The van der Waals surface area contributed by atoms with Crippen LogP contribution in [-0.4, -0.2) is 21.5 Å². The van der Waals surface area contributed by atoms with E-state index in [1.807, 2.05) is 6.07 Å². The lowest BCUT2D eigenvalue weighted by Crippen LogP contribution is -2.01. The molecule has 0 saturated carbocycles. The minimum atomic E-state index is -3.27. The van der Waals surface area contributed by atoms with Crippen LogP contribution >= 0.6 is 0 Å². The van der Waals surface area contributed by atoms with Gasteiger partial charge in [0.1, 0.15) is 0 Å². The molecule has 21 heavy (non-hydrogen) atoms. The Bertz CT molecular complexity index is 803. The van der Waals surface area contributed by atoms with Crippen molar-refractivity contribution in [1.29, 1.82) is 0 Å². The Labute approximate surface area is 122 Å². The SMILES string of the molecule is CS(=O)(=O)c1ccc(Nc2ccc3c(c2)OCO3)c(N)c1. The highest BCUT2D eigenvalue weighted by molar-refractivity contribution is 7.90. The van der Waals surface area contributed by atoms with Crippen LogP contribution < -0.4 is 20.5 Å². The normalized spacial score (nSPS) is 13.2. The smallest absolute Gasteiger partial charge is 0.231 e. The number of anilines is 3. The van der Waals surface area contributed by atoms with E-state index in [1.54, 1.807) is 18.2 Å². The number of rotatable bonds is 3. The fraction of sp³-hybridized carbons (Fsp3) is 0.143. The van der Waals surface area contributed by atoms with Crippen molar-refractivity contribution < 1.29 is 17.9 Å². The van der Waals surface area contributed by atoms with Crippen LogP contribution in [0.5, 0.6) is 11.5 Å². The number of sulfone groups is 1. The summed E-state index contributed by atoms with van der Waals surface area (Å²) in [6.07, 6.45) is 1.15. The van der Waals surface area contributed by atoms with E-state index in [4.69, 9.17) is 15.2 Å². The Balaban J connectivity index is 1.88. The van der Waals surface area contributed by atoms with E-state index < -0.39 is 9.84 Å². The lowest BCUT2D eigenvalue weighted by atomic mass is 10.2. The fourth-order valence-electron chi connectivity index (χ4n) is 2.02. The molecule has 1 aliphatic rings.